The van der Waals surface area contributed by atoms with Crippen molar-refractivity contribution in [1.29, 1.82) is 10.8 Å². The van der Waals surface area contributed by atoms with Crippen molar-refractivity contribution < 1.29 is 4.74 Å². The van der Waals surface area contributed by atoms with Gasteiger partial charge in [0.1, 0.15) is 5.76 Å². The van der Waals surface area contributed by atoms with Gasteiger partial charge in [0.15, 0.2) is 0 Å². The van der Waals surface area contributed by atoms with Crippen LogP contribution in [0, 0.1) is 16.7 Å². The van der Waals surface area contributed by atoms with E-state index < -0.39 is 0 Å². The Hall–Kier alpha value is -1.38. The van der Waals surface area contributed by atoms with E-state index in [1.165, 1.54) is 19.3 Å². The fourth-order valence-electron chi connectivity index (χ4n) is 1.75. The van der Waals surface area contributed by atoms with E-state index in [2.05, 4.69) is 13.8 Å². The Kier molecular flexibility index (Phi) is 5.67. The molecule has 2 N–H and O–H groups in total. The molecule has 3 nitrogen and oxygen atoms in total. The SMILES string of the molecule is CCCCC(CC)COC1=CC(=N)C=CC1=N. The molecule has 0 aromatic heterocycles. The molecule has 1 rings (SSSR count). The maximum Gasteiger partial charge on any atom is 0.146 e. The molecule has 0 fully saturated rings. The van der Waals surface area contributed by atoms with Crippen molar-refractivity contribution in [2.24, 2.45) is 5.92 Å². The monoisotopic (exact) mass is 234 g/mol. The van der Waals surface area contributed by atoms with Gasteiger partial charge in [-0.3, -0.25) is 5.41 Å². The second kappa shape index (κ2) is 7.05. The van der Waals surface area contributed by atoms with Gasteiger partial charge in [0.2, 0.25) is 0 Å². The van der Waals surface area contributed by atoms with Gasteiger partial charge < -0.3 is 10.1 Å². The summed E-state index contributed by atoms with van der Waals surface area (Å²) in [7, 11) is 0. The minimum Gasteiger partial charge on any atom is -0.491 e. The first-order valence-electron chi connectivity index (χ1n) is 6.37. The summed E-state index contributed by atoms with van der Waals surface area (Å²) in [5.74, 6) is 1.09. The molecule has 0 aromatic carbocycles. The third kappa shape index (κ3) is 4.55. The summed E-state index contributed by atoms with van der Waals surface area (Å²) < 4.78 is 5.66. The summed E-state index contributed by atoms with van der Waals surface area (Å²) in [5.41, 5.74) is 0.768. The molecule has 94 valence electrons. The van der Waals surface area contributed by atoms with Gasteiger partial charge in [-0.25, -0.2) is 0 Å². The lowest BCUT2D eigenvalue weighted by atomic mass is 10.0. The Bertz CT molecular complexity index is 342. The van der Waals surface area contributed by atoms with E-state index in [-0.39, 0.29) is 0 Å². The molecule has 0 bridgehead atoms. The standard InChI is InChI=1S/C14H22N2O/c1-3-5-6-11(4-2)10-17-14-9-12(15)7-8-13(14)16/h7-9,11,15-16H,3-6,10H2,1-2H3. The summed E-state index contributed by atoms with van der Waals surface area (Å²) in [6.45, 7) is 5.02. The lowest BCUT2D eigenvalue weighted by Crippen LogP contribution is -2.14. The average molecular weight is 234 g/mol. The molecule has 0 spiro atoms. The van der Waals surface area contributed by atoms with Crippen LogP contribution in [-0.2, 0) is 4.74 Å². The largest absolute Gasteiger partial charge is 0.491 e. The van der Waals surface area contributed by atoms with Crippen molar-refractivity contribution in [1.82, 2.24) is 0 Å². The van der Waals surface area contributed by atoms with Crippen LogP contribution < -0.4 is 0 Å². The second-order valence-corrected chi connectivity index (χ2v) is 4.44. The van der Waals surface area contributed by atoms with E-state index in [0.717, 1.165) is 6.42 Å². The van der Waals surface area contributed by atoms with Crippen molar-refractivity contribution >= 4 is 11.4 Å². The summed E-state index contributed by atoms with van der Waals surface area (Å²) in [6.07, 6.45) is 9.58. The van der Waals surface area contributed by atoms with Gasteiger partial charge in [-0.1, -0.05) is 33.1 Å². The van der Waals surface area contributed by atoms with Crippen molar-refractivity contribution in [3.05, 3.63) is 24.0 Å². The van der Waals surface area contributed by atoms with Crippen molar-refractivity contribution in [2.75, 3.05) is 6.61 Å². The summed E-state index contributed by atoms with van der Waals surface area (Å²) in [6, 6.07) is 0. The Morgan fingerprint density at radius 3 is 2.65 bits per heavy atom. The van der Waals surface area contributed by atoms with Crippen LogP contribution in [0.1, 0.15) is 39.5 Å². The quantitative estimate of drug-likeness (QED) is 0.648. The Labute approximate surface area is 104 Å². The van der Waals surface area contributed by atoms with E-state index in [9.17, 15) is 0 Å². The zero-order valence-corrected chi connectivity index (χ0v) is 10.8. The van der Waals surface area contributed by atoms with Crippen LogP contribution in [0.4, 0.5) is 0 Å². The first-order chi connectivity index (χ1) is 8.17. The van der Waals surface area contributed by atoms with Crippen LogP contribution in [0.25, 0.3) is 0 Å². The highest BCUT2D eigenvalue weighted by Crippen LogP contribution is 2.16. The molecule has 1 atom stereocenters. The minimum atomic E-state index is 0.367. The third-order valence-electron chi connectivity index (χ3n) is 3.00. The van der Waals surface area contributed by atoms with E-state index in [0.29, 0.717) is 29.7 Å². The second-order valence-electron chi connectivity index (χ2n) is 4.44. The summed E-state index contributed by atoms with van der Waals surface area (Å²) >= 11 is 0. The Morgan fingerprint density at radius 2 is 2.00 bits per heavy atom. The van der Waals surface area contributed by atoms with E-state index in [1.807, 2.05) is 0 Å². The smallest absolute Gasteiger partial charge is 0.146 e. The summed E-state index contributed by atoms with van der Waals surface area (Å²) in [4.78, 5) is 0. The molecular formula is C14H22N2O. The van der Waals surface area contributed by atoms with Gasteiger partial charge in [-0.2, -0.15) is 0 Å². The fraction of sp³-hybridized carbons (Fsp3) is 0.571. The predicted molar refractivity (Wildman–Crippen MR) is 71.9 cm³/mol. The molecule has 17 heavy (non-hydrogen) atoms. The number of nitrogens with one attached hydrogen (secondary N) is 2. The number of rotatable bonds is 7. The zero-order valence-electron chi connectivity index (χ0n) is 10.8. The first kappa shape index (κ1) is 13.7. The van der Waals surface area contributed by atoms with Crippen molar-refractivity contribution in [3.8, 4) is 0 Å². The molecule has 0 saturated carbocycles. The molecule has 1 unspecified atom stereocenters. The van der Waals surface area contributed by atoms with Crippen LogP contribution in [0.2, 0.25) is 0 Å². The minimum absolute atomic E-state index is 0.367. The average Bonchev–Trinajstić information content (AvgIpc) is 2.33. The van der Waals surface area contributed by atoms with Gasteiger partial charge in [-0.05, 0) is 24.5 Å². The molecule has 1 aliphatic carbocycles. The first-order valence-corrected chi connectivity index (χ1v) is 6.37. The van der Waals surface area contributed by atoms with Crippen LogP contribution in [0.5, 0.6) is 0 Å². The number of hydrogen-bond donors (Lipinski definition) is 2. The fourth-order valence-corrected chi connectivity index (χ4v) is 1.75. The highest BCUT2D eigenvalue weighted by atomic mass is 16.5. The molecular weight excluding hydrogens is 212 g/mol. The van der Waals surface area contributed by atoms with Gasteiger partial charge in [0.05, 0.1) is 18.0 Å². The maximum absolute atomic E-state index is 7.70. The van der Waals surface area contributed by atoms with Gasteiger partial charge in [-0.15, -0.1) is 0 Å². The van der Waals surface area contributed by atoms with E-state index in [1.54, 1.807) is 18.2 Å². The van der Waals surface area contributed by atoms with Crippen molar-refractivity contribution in [3.63, 3.8) is 0 Å². The number of allylic oxidation sites excluding steroid dienone is 3. The molecule has 0 aromatic rings. The molecule has 3 heteroatoms. The lowest BCUT2D eigenvalue weighted by Gasteiger charge is -2.18. The number of ether oxygens (including phenoxy) is 1. The van der Waals surface area contributed by atoms with Crippen LogP contribution in [0.3, 0.4) is 0 Å². The van der Waals surface area contributed by atoms with Crippen LogP contribution >= 0.6 is 0 Å². The maximum atomic E-state index is 7.70. The van der Waals surface area contributed by atoms with Gasteiger partial charge >= 0.3 is 0 Å². The predicted octanol–water partition coefficient (Wildman–Crippen LogP) is 3.71. The molecule has 0 amide bonds. The molecule has 0 heterocycles. The van der Waals surface area contributed by atoms with Gasteiger partial charge in [0.25, 0.3) is 0 Å². The lowest BCUT2D eigenvalue weighted by molar-refractivity contribution is 0.170. The van der Waals surface area contributed by atoms with E-state index >= 15 is 0 Å². The van der Waals surface area contributed by atoms with Crippen LogP contribution in [0.15, 0.2) is 24.0 Å². The molecule has 0 aliphatic heterocycles. The molecule has 0 radical (unpaired) electrons. The normalized spacial score (nSPS) is 16.9. The topological polar surface area (TPSA) is 56.9 Å². The van der Waals surface area contributed by atoms with Crippen molar-refractivity contribution in [2.45, 2.75) is 39.5 Å². The Morgan fingerprint density at radius 1 is 1.24 bits per heavy atom. The zero-order chi connectivity index (χ0) is 12.7. The molecule has 0 saturated heterocycles. The van der Waals surface area contributed by atoms with Crippen LogP contribution in [-0.4, -0.2) is 18.0 Å². The number of unbranched alkanes of at least 4 members (excludes halogenated alkanes) is 1. The molecule has 1 aliphatic rings. The van der Waals surface area contributed by atoms with E-state index in [4.69, 9.17) is 15.6 Å². The highest BCUT2D eigenvalue weighted by molar-refractivity contribution is 6.18. The number of hydrogen-bond acceptors (Lipinski definition) is 3. The summed E-state index contributed by atoms with van der Waals surface area (Å²) in [5, 5.41) is 15.2. The van der Waals surface area contributed by atoms with Gasteiger partial charge in [0, 0.05) is 6.08 Å². The Balaban J connectivity index is 2.43. The highest BCUT2D eigenvalue weighted by Gasteiger charge is 2.12. The third-order valence-corrected chi connectivity index (χ3v) is 3.00.